The third kappa shape index (κ3) is 5.49. The zero-order chi connectivity index (χ0) is 19.3. The van der Waals surface area contributed by atoms with Gasteiger partial charge in [-0.2, -0.15) is 13.2 Å². The van der Waals surface area contributed by atoms with Gasteiger partial charge in [-0.05, 0) is 36.4 Å². The van der Waals surface area contributed by atoms with Crippen LogP contribution in [0.4, 0.5) is 13.2 Å². The van der Waals surface area contributed by atoms with Crippen LogP contribution in [0.5, 0.6) is 0 Å². The summed E-state index contributed by atoms with van der Waals surface area (Å²) in [5.41, 5.74) is 0.961. The fourth-order valence-corrected chi connectivity index (χ4v) is 4.29. The maximum absolute atomic E-state index is 12.7. The van der Waals surface area contributed by atoms with E-state index < -0.39 is 11.7 Å². The molecule has 0 radical (unpaired) electrons. The van der Waals surface area contributed by atoms with E-state index in [0.29, 0.717) is 15.6 Å². The number of alkyl halides is 4. The predicted octanol–water partition coefficient (Wildman–Crippen LogP) is 6.80. The first-order valence-corrected chi connectivity index (χ1v) is 10.8. The van der Waals surface area contributed by atoms with Gasteiger partial charge in [0.05, 0.1) is 5.56 Å². The molecule has 0 aliphatic heterocycles. The van der Waals surface area contributed by atoms with Crippen LogP contribution in [0, 0.1) is 0 Å². The standard InChI is InChI=1S/C19H14BrF3N2S2/c20-9-12-26-15-5-1-13(2-6-15)17-18(25-11-10-24-17)27-16-7-3-14(4-8-16)19(21,22)23/h1-8,10-11H,9,12H2. The van der Waals surface area contributed by atoms with Crippen molar-refractivity contribution in [3.63, 3.8) is 0 Å². The largest absolute Gasteiger partial charge is 0.416 e. The van der Waals surface area contributed by atoms with Crippen molar-refractivity contribution in [2.24, 2.45) is 0 Å². The molecule has 0 aliphatic rings. The summed E-state index contributed by atoms with van der Waals surface area (Å²) in [6.45, 7) is 0. The van der Waals surface area contributed by atoms with Crippen LogP contribution in [0.1, 0.15) is 5.56 Å². The Bertz CT molecular complexity index is 885. The van der Waals surface area contributed by atoms with Crippen molar-refractivity contribution < 1.29 is 13.2 Å². The van der Waals surface area contributed by atoms with Crippen LogP contribution in [0.15, 0.2) is 75.7 Å². The lowest BCUT2D eigenvalue weighted by atomic mass is 10.2. The molecule has 0 aliphatic carbocycles. The highest BCUT2D eigenvalue weighted by atomic mass is 79.9. The Hall–Kier alpha value is -1.51. The molecule has 0 amide bonds. The highest BCUT2D eigenvalue weighted by Crippen LogP contribution is 2.35. The van der Waals surface area contributed by atoms with Gasteiger partial charge in [0.25, 0.3) is 0 Å². The van der Waals surface area contributed by atoms with E-state index >= 15 is 0 Å². The molecular formula is C19H14BrF3N2S2. The van der Waals surface area contributed by atoms with Gasteiger partial charge in [-0.1, -0.05) is 39.8 Å². The lowest BCUT2D eigenvalue weighted by molar-refractivity contribution is -0.137. The molecule has 0 unspecified atom stereocenters. The minimum absolute atomic E-state index is 0.651. The van der Waals surface area contributed by atoms with Gasteiger partial charge in [0.2, 0.25) is 0 Å². The molecule has 8 heteroatoms. The minimum Gasteiger partial charge on any atom is -0.252 e. The van der Waals surface area contributed by atoms with Crippen molar-refractivity contribution in [3.05, 3.63) is 66.5 Å². The van der Waals surface area contributed by atoms with E-state index in [1.54, 1.807) is 24.2 Å². The molecule has 1 aromatic heterocycles. The van der Waals surface area contributed by atoms with Gasteiger partial charge < -0.3 is 0 Å². The van der Waals surface area contributed by atoms with E-state index in [1.165, 1.54) is 28.8 Å². The molecule has 2 nitrogen and oxygen atoms in total. The van der Waals surface area contributed by atoms with Gasteiger partial charge >= 0.3 is 6.18 Å². The van der Waals surface area contributed by atoms with E-state index in [1.807, 2.05) is 24.3 Å². The van der Waals surface area contributed by atoms with Crippen molar-refractivity contribution in [1.29, 1.82) is 0 Å². The number of benzene rings is 2. The SMILES string of the molecule is FC(F)(F)c1ccc(Sc2nccnc2-c2ccc(SCCBr)cc2)cc1. The Morgan fingerprint density at radius 1 is 0.852 bits per heavy atom. The first-order valence-electron chi connectivity index (χ1n) is 7.92. The molecule has 27 heavy (non-hydrogen) atoms. The second-order valence-corrected chi connectivity index (χ2v) is 8.42. The van der Waals surface area contributed by atoms with Crippen LogP contribution in [-0.4, -0.2) is 21.1 Å². The summed E-state index contributed by atoms with van der Waals surface area (Å²) in [5, 5.41) is 1.58. The second kappa shape index (κ2) is 9.12. The highest BCUT2D eigenvalue weighted by Gasteiger charge is 2.30. The molecule has 0 saturated heterocycles. The summed E-state index contributed by atoms with van der Waals surface area (Å²) in [4.78, 5) is 10.6. The third-order valence-corrected chi connectivity index (χ3v) is 6.47. The average molecular weight is 471 g/mol. The predicted molar refractivity (Wildman–Crippen MR) is 108 cm³/mol. The molecule has 0 saturated carbocycles. The molecule has 2 aromatic carbocycles. The normalized spacial score (nSPS) is 11.6. The number of aromatic nitrogens is 2. The van der Waals surface area contributed by atoms with Crippen molar-refractivity contribution in [1.82, 2.24) is 9.97 Å². The number of halogens is 4. The van der Waals surface area contributed by atoms with Crippen LogP contribution >= 0.6 is 39.5 Å². The van der Waals surface area contributed by atoms with E-state index in [-0.39, 0.29) is 0 Å². The van der Waals surface area contributed by atoms with Gasteiger partial charge in [0.1, 0.15) is 10.7 Å². The number of thioether (sulfide) groups is 1. The molecule has 0 spiro atoms. The van der Waals surface area contributed by atoms with Crippen molar-refractivity contribution in [2.75, 3.05) is 11.1 Å². The van der Waals surface area contributed by atoms with Gasteiger partial charge in [0.15, 0.2) is 0 Å². The zero-order valence-corrected chi connectivity index (χ0v) is 17.1. The lowest BCUT2D eigenvalue weighted by Gasteiger charge is -2.09. The first-order chi connectivity index (χ1) is 13.0. The molecule has 0 atom stereocenters. The Labute approximate surface area is 172 Å². The molecule has 3 rings (SSSR count). The van der Waals surface area contributed by atoms with E-state index in [2.05, 4.69) is 25.9 Å². The fourth-order valence-electron chi connectivity index (χ4n) is 2.29. The summed E-state index contributed by atoms with van der Waals surface area (Å²) in [7, 11) is 0. The molecular weight excluding hydrogens is 457 g/mol. The van der Waals surface area contributed by atoms with Crippen LogP contribution in [0.3, 0.4) is 0 Å². The first kappa shape index (κ1) is 20.2. The number of hydrogen-bond acceptors (Lipinski definition) is 4. The summed E-state index contributed by atoms with van der Waals surface area (Å²) in [5.74, 6) is 0.986. The maximum Gasteiger partial charge on any atom is 0.416 e. The van der Waals surface area contributed by atoms with Gasteiger partial charge in [-0.15, -0.1) is 11.8 Å². The summed E-state index contributed by atoms with van der Waals surface area (Å²) < 4.78 is 38.1. The van der Waals surface area contributed by atoms with E-state index in [0.717, 1.165) is 28.8 Å². The molecule has 0 bridgehead atoms. The molecule has 1 heterocycles. The van der Waals surface area contributed by atoms with Crippen LogP contribution < -0.4 is 0 Å². The molecule has 3 aromatic rings. The Balaban J connectivity index is 1.82. The smallest absolute Gasteiger partial charge is 0.252 e. The number of hydrogen-bond donors (Lipinski definition) is 0. The van der Waals surface area contributed by atoms with Gasteiger partial charge in [0, 0.05) is 38.8 Å². The second-order valence-electron chi connectivity index (χ2n) is 5.40. The van der Waals surface area contributed by atoms with Crippen LogP contribution in [-0.2, 0) is 6.18 Å². The number of rotatable bonds is 6. The Morgan fingerprint density at radius 3 is 2.11 bits per heavy atom. The van der Waals surface area contributed by atoms with E-state index in [4.69, 9.17) is 0 Å². The van der Waals surface area contributed by atoms with Gasteiger partial charge in [-0.3, -0.25) is 4.98 Å². The summed E-state index contributed by atoms with van der Waals surface area (Å²) in [6.07, 6.45) is -1.15. The van der Waals surface area contributed by atoms with Gasteiger partial charge in [-0.25, -0.2) is 4.98 Å². The van der Waals surface area contributed by atoms with E-state index in [9.17, 15) is 13.2 Å². The Morgan fingerprint density at radius 2 is 1.48 bits per heavy atom. The van der Waals surface area contributed by atoms with Crippen molar-refractivity contribution >= 4 is 39.5 Å². The average Bonchev–Trinajstić information content (AvgIpc) is 2.67. The molecule has 0 fully saturated rings. The topological polar surface area (TPSA) is 25.8 Å². The molecule has 140 valence electrons. The zero-order valence-electron chi connectivity index (χ0n) is 13.9. The fraction of sp³-hybridized carbons (Fsp3) is 0.158. The Kier molecular flexibility index (Phi) is 6.83. The highest BCUT2D eigenvalue weighted by molar-refractivity contribution is 9.09. The third-order valence-electron chi connectivity index (χ3n) is 3.53. The summed E-state index contributed by atoms with van der Waals surface area (Å²) in [6, 6.07) is 13.1. The van der Waals surface area contributed by atoms with Crippen LogP contribution in [0.2, 0.25) is 0 Å². The minimum atomic E-state index is -4.34. The maximum atomic E-state index is 12.7. The molecule has 0 N–H and O–H groups in total. The van der Waals surface area contributed by atoms with Crippen LogP contribution in [0.25, 0.3) is 11.3 Å². The van der Waals surface area contributed by atoms with Crippen molar-refractivity contribution in [2.45, 2.75) is 21.0 Å². The number of nitrogens with zero attached hydrogens (tertiary/aromatic N) is 2. The quantitative estimate of drug-likeness (QED) is 0.292. The van der Waals surface area contributed by atoms with Crippen molar-refractivity contribution in [3.8, 4) is 11.3 Å². The monoisotopic (exact) mass is 470 g/mol. The lowest BCUT2D eigenvalue weighted by Crippen LogP contribution is -2.03. The summed E-state index contributed by atoms with van der Waals surface area (Å²) >= 11 is 6.46.